The summed E-state index contributed by atoms with van der Waals surface area (Å²) in [5.41, 5.74) is 6.95. The molecule has 110 valence electrons. The number of carbonyl (C=O) groups excluding carboxylic acids is 1. The van der Waals surface area contributed by atoms with Gasteiger partial charge >= 0.3 is 6.09 Å². The van der Waals surface area contributed by atoms with Crippen molar-refractivity contribution in [2.75, 3.05) is 13.1 Å². The van der Waals surface area contributed by atoms with Crippen LogP contribution in [0.25, 0.3) is 0 Å². The molecule has 4 nitrogen and oxygen atoms in total. The lowest BCUT2D eigenvalue weighted by Crippen LogP contribution is -2.37. The van der Waals surface area contributed by atoms with E-state index in [0.717, 1.165) is 25.8 Å². The lowest BCUT2D eigenvalue weighted by atomic mass is 9.93. The van der Waals surface area contributed by atoms with E-state index in [9.17, 15) is 4.79 Å². The summed E-state index contributed by atoms with van der Waals surface area (Å²) in [5, 5.41) is 0. The van der Waals surface area contributed by atoms with Gasteiger partial charge in [0.15, 0.2) is 0 Å². The second kappa shape index (κ2) is 6.42. The largest absolute Gasteiger partial charge is 0.444 e. The quantitative estimate of drug-likeness (QED) is 0.798. The summed E-state index contributed by atoms with van der Waals surface area (Å²) < 4.78 is 5.38. The van der Waals surface area contributed by atoms with Gasteiger partial charge in [-0.2, -0.15) is 0 Å². The van der Waals surface area contributed by atoms with Crippen LogP contribution in [0.4, 0.5) is 4.79 Å². The lowest BCUT2D eigenvalue weighted by Gasteiger charge is -2.25. The summed E-state index contributed by atoms with van der Waals surface area (Å²) in [5.74, 6) is 0.357. The van der Waals surface area contributed by atoms with E-state index in [1.165, 1.54) is 5.57 Å². The Hall–Kier alpha value is -1.03. The Morgan fingerprint density at radius 2 is 2.16 bits per heavy atom. The van der Waals surface area contributed by atoms with Crippen LogP contribution in [0.15, 0.2) is 12.2 Å². The van der Waals surface area contributed by atoms with E-state index in [2.05, 4.69) is 13.5 Å². The molecule has 4 heteroatoms. The molecule has 2 atom stereocenters. The number of nitrogens with zero attached hydrogens (tertiary/aromatic N) is 1. The van der Waals surface area contributed by atoms with Gasteiger partial charge in [0.1, 0.15) is 5.60 Å². The van der Waals surface area contributed by atoms with E-state index in [1.54, 1.807) is 4.90 Å². The summed E-state index contributed by atoms with van der Waals surface area (Å²) in [6.07, 6.45) is 2.55. The lowest BCUT2D eigenvalue weighted by molar-refractivity contribution is 0.0286. The molecule has 1 amide bonds. The maximum Gasteiger partial charge on any atom is 0.410 e. The zero-order valence-corrected chi connectivity index (χ0v) is 12.7. The van der Waals surface area contributed by atoms with Crippen molar-refractivity contribution >= 4 is 6.09 Å². The van der Waals surface area contributed by atoms with Crippen LogP contribution in [0.1, 0.15) is 47.0 Å². The molecule has 0 radical (unpaired) electrons. The molecule has 0 spiro atoms. The highest BCUT2D eigenvalue weighted by atomic mass is 16.6. The molecule has 19 heavy (non-hydrogen) atoms. The molecule has 1 rings (SSSR count). The Morgan fingerprint density at radius 1 is 1.53 bits per heavy atom. The van der Waals surface area contributed by atoms with Gasteiger partial charge in [-0.25, -0.2) is 4.79 Å². The van der Waals surface area contributed by atoms with Crippen LogP contribution in [0.5, 0.6) is 0 Å². The minimum absolute atomic E-state index is 0.0971. The van der Waals surface area contributed by atoms with Crippen LogP contribution in [-0.2, 0) is 4.74 Å². The van der Waals surface area contributed by atoms with Crippen molar-refractivity contribution in [3.63, 3.8) is 0 Å². The summed E-state index contributed by atoms with van der Waals surface area (Å²) >= 11 is 0. The van der Waals surface area contributed by atoms with Gasteiger partial charge in [-0.3, -0.25) is 0 Å². The molecule has 1 aliphatic rings. The molecule has 2 unspecified atom stereocenters. The van der Waals surface area contributed by atoms with E-state index < -0.39 is 5.60 Å². The molecule has 0 aromatic rings. The van der Waals surface area contributed by atoms with Crippen molar-refractivity contribution < 1.29 is 9.53 Å². The number of hydrogen-bond donors (Lipinski definition) is 1. The molecular weight excluding hydrogens is 240 g/mol. The standard InChI is InChI=1S/C15H28N2O2/c1-6-11(2)9-13(16)12-7-8-17(10-12)14(18)19-15(3,4)5/h12-13H,2,6-10,16H2,1,3-5H3. The molecule has 0 aromatic carbocycles. The van der Waals surface area contributed by atoms with E-state index >= 15 is 0 Å². The molecule has 2 N–H and O–H groups in total. The average Bonchev–Trinajstić information content (AvgIpc) is 2.75. The molecule has 1 heterocycles. The highest BCUT2D eigenvalue weighted by Gasteiger charge is 2.32. The monoisotopic (exact) mass is 268 g/mol. The minimum Gasteiger partial charge on any atom is -0.444 e. The van der Waals surface area contributed by atoms with Crippen LogP contribution < -0.4 is 5.73 Å². The molecule has 1 saturated heterocycles. The van der Waals surface area contributed by atoms with Crippen molar-refractivity contribution in [1.29, 1.82) is 0 Å². The van der Waals surface area contributed by atoms with Gasteiger partial charge in [0.2, 0.25) is 0 Å². The molecule has 1 aliphatic heterocycles. The first-order valence-corrected chi connectivity index (χ1v) is 7.13. The van der Waals surface area contributed by atoms with E-state index in [4.69, 9.17) is 10.5 Å². The van der Waals surface area contributed by atoms with E-state index in [1.807, 2.05) is 20.8 Å². The summed E-state index contributed by atoms with van der Waals surface area (Å²) in [6.45, 7) is 13.2. The SMILES string of the molecule is C=C(CC)CC(N)C1CCN(C(=O)OC(C)(C)C)C1. The summed E-state index contributed by atoms with van der Waals surface area (Å²) in [7, 11) is 0. The van der Waals surface area contributed by atoms with Gasteiger partial charge in [-0.05, 0) is 46.0 Å². The summed E-state index contributed by atoms with van der Waals surface area (Å²) in [4.78, 5) is 13.7. The Kier molecular flexibility index (Phi) is 5.41. The van der Waals surface area contributed by atoms with Gasteiger partial charge in [-0.15, -0.1) is 0 Å². The second-order valence-corrected chi connectivity index (χ2v) is 6.45. The molecule has 0 saturated carbocycles. The molecule has 0 aliphatic carbocycles. The Balaban J connectivity index is 2.45. The van der Waals surface area contributed by atoms with Gasteiger partial charge < -0.3 is 15.4 Å². The van der Waals surface area contributed by atoms with E-state index in [0.29, 0.717) is 12.5 Å². The van der Waals surface area contributed by atoms with Crippen LogP contribution in [0.3, 0.4) is 0 Å². The van der Waals surface area contributed by atoms with Crippen molar-refractivity contribution in [2.24, 2.45) is 11.7 Å². The first kappa shape index (κ1) is 16.0. The predicted molar refractivity (Wildman–Crippen MR) is 77.9 cm³/mol. The topological polar surface area (TPSA) is 55.6 Å². The zero-order valence-electron chi connectivity index (χ0n) is 12.7. The summed E-state index contributed by atoms with van der Waals surface area (Å²) in [6, 6.07) is 0.0971. The average molecular weight is 268 g/mol. The molecular formula is C15H28N2O2. The van der Waals surface area contributed by atoms with Crippen LogP contribution in [0, 0.1) is 5.92 Å². The first-order valence-electron chi connectivity index (χ1n) is 7.13. The highest BCUT2D eigenvalue weighted by molar-refractivity contribution is 5.68. The third-order valence-electron chi connectivity index (χ3n) is 3.51. The maximum absolute atomic E-state index is 12.0. The van der Waals surface area contributed by atoms with Gasteiger partial charge in [-0.1, -0.05) is 19.1 Å². The number of hydrogen-bond acceptors (Lipinski definition) is 3. The third-order valence-corrected chi connectivity index (χ3v) is 3.51. The van der Waals surface area contributed by atoms with Gasteiger partial charge in [0.25, 0.3) is 0 Å². The Labute approximate surface area is 117 Å². The predicted octanol–water partition coefficient (Wildman–Crippen LogP) is 2.93. The van der Waals surface area contributed by atoms with Gasteiger partial charge in [0, 0.05) is 19.1 Å². The van der Waals surface area contributed by atoms with Gasteiger partial charge in [0.05, 0.1) is 0 Å². The van der Waals surface area contributed by atoms with Crippen molar-refractivity contribution in [3.8, 4) is 0 Å². The molecule has 0 bridgehead atoms. The Morgan fingerprint density at radius 3 is 2.68 bits per heavy atom. The number of ether oxygens (including phenoxy) is 1. The maximum atomic E-state index is 12.0. The van der Waals surface area contributed by atoms with Crippen molar-refractivity contribution in [3.05, 3.63) is 12.2 Å². The number of likely N-dealkylation sites (tertiary alicyclic amines) is 1. The zero-order chi connectivity index (χ0) is 14.6. The van der Waals surface area contributed by atoms with Crippen molar-refractivity contribution in [2.45, 2.75) is 58.6 Å². The van der Waals surface area contributed by atoms with Crippen LogP contribution in [0.2, 0.25) is 0 Å². The van der Waals surface area contributed by atoms with Crippen molar-refractivity contribution in [1.82, 2.24) is 4.90 Å². The van der Waals surface area contributed by atoms with E-state index in [-0.39, 0.29) is 12.1 Å². The fourth-order valence-corrected chi connectivity index (χ4v) is 2.27. The molecule has 1 fully saturated rings. The minimum atomic E-state index is -0.437. The smallest absolute Gasteiger partial charge is 0.410 e. The normalized spacial score (nSPS) is 21.3. The first-order chi connectivity index (χ1) is 8.73. The molecule has 0 aromatic heterocycles. The Bertz CT molecular complexity index is 334. The second-order valence-electron chi connectivity index (χ2n) is 6.45. The fraction of sp³-hybridized carbons (Fsp3) is 0.800. The third kappa shape index (κ3) is 5.23. The number of rotatable bonds is 4. The van der Waals surface area contributed by atoms with Crippen LogP contribution in [-0.4, -0.2) is 35.7 Å². The number of carbonyl (C=O) groups is 1. The number of amides is 1. The highest BCUT2D eigenvalue weighted by Crippen LogP contribution is 2.24. The van der Waals surface area contributed by atoms with Crippen LogP contribution >= 0.6 is 0 Å². The number of nitrogens with two attached hydrogens (primary N) is 1. The fourth-order valence-electron chi connectivity index (χ4n) is 2.27.